The highest BCUT2D eigenvalue weighted by Crippen LogP contribution is 2.34. The van der Waals surface area contributed by atoms with Gasteiger partial charge in [0.1, 0.15) is 10.6 Å². The number of carbonyl (C=O) groups excluding carboxylic acids is 2. The third-order valence-corrected chi connectivity index (χ3v) is 4.36. The number of aryl methyl sites for hydroxylation is 1. The van der Waals surface area contributed by atoms with E-state index in [1.54, 1.807) is 32.0 Å². The summed E-state index contributed by atoms with van der Waals surface area (Å²) in [7, 11) is 0. The molecule has 0 saturated heterocycles. The summed E-state index contributed by atoms with van der Waals surface area (Å²) in [5, 5.41) is 4.98. The summed E-state index contributed by atoms with van der Waals surface area (Å²) in [6.07, 6.45) is 0.203. The fourth-order valence-electron chi connectivity index (χ4n) is 2.15. The molecule has 0 aliphatic rings. The number of H-pyrrole nitrogens is 1. The normalized spacial score (nSPS) is 10.9. The molecule has 2 aromatic heterocycles. The molecule has 1 N–H and O–H groups in total. The van der Waals surface area contributed by atoms with Crippen LogP contribution in [0.2, 0.25) is 5.02 Å². The molecule has 0 unspecified atom stereocenters. The minimum atomic E-state index is -0.422. The molecule has 0 radical (unpaired) electrons. The highest BCUT2D eigenvalue weighted by atomic mass is 35.5. The summed E-state index contributed by atoms with van der Waals surface area (Å²) >= 11 is 6.99. The van der Waals surface area contributed by atoms with Gasteiger partial charge >= 0.3 is 5.97 Å². The van der Waals surface area contributed by atoms with Crippen LogP contribution < -0.4 is 4.74 Å². The molecule has 118 valence electrons. The summed E-state index contributed by atoms with van der Waals surface area (Å²) in [6, 6.07) is 5.06. The maximum Gasteiger partial charge on any atom is 0.310 e. The van der Waals surface area contributed by atoms with Gasteiger partial charge in [0.25, 0.3) is 0 Å². The van der Waals surface area contributed by atoms with Crippen LogP contribution in [0.25, 0.3) is 10.9 Å². The van der Waals surface area contributed by atoms with E-state index in [9.17, 15) is 9.59 Å². The molecule has 8 heteroatoms. The Balaban J connectivity index is 2.18. The number of ketones is 1. The molecule has 3 aromatic rings. The largest absolute Gasteiger partial charge is 0.423 e. The number of ether oxygens (including phenoxy) is 1. The van der Waals surface area contributed by atoms with E-state index in [4.69, 9.17) is 16.3 Å². The Bertz CT molecular complexity index is 916. The van der Waals surface area contributed by atoms with Crippen molar-refractivity contribution in [2.75, 3.05) is 0 Å². The Morgan fingerprint density at radius 2 is 2.17 bits per heavy atom. The zero-order valence-corrected chi connectivity index (χ0v) is 13.9. The lowest BCUT2D eigenvalue weighted by molar-refractivity contribution is -0.133. The van der Waals surface area contributed by atoms with Gasteiger partial charge in [0.05, 0.1) is 11.2 Å². The molecule has 2 heterocycles. The summed E-state index contributed by atoms with van der Waals surface area (Å²) in [6.45, 7) is 3.39. The molecule has 23 heavy (non-hydrogen) atoms. The van der Waals surface area contributed by atoms with Crippen molar-refractivity contribution in [3.05, 3.63) is 39.5 Å². The number of nitrogens with one attached hydrogen (secondary N) is 1. The smallest absolute Gasteiger partial charge is 0.310 e. The maximum atomic E-state index is 12.7. The molecule has 0 fully saturated rings. The van der Waals surface area contributed by atoms with Crippen LogP contribution in [-0.4, -0.2) is 26.3 Å². The molecule has 0 spiro atoms. The highest BCUT2D eigenvalue weighted by molar-refractivity contribution is 7.08. The number of benzene rings is 1. The molecule has 3 rings (SSSR count). The second-order valence-electron chi connectivity index (χ2n) is 4.86. The first kappa shape index (κ1) is 15.6. The van der Waals surface area contributed by atoms with Gasteiger partial charge in [-0.05, 0) is 36.7 Å². The van der Waals surface area contributed by atoms with Crippen LogP contribution in [-0.2, 0) is 4.79 Å². The highest BCUT2D eigenvalue weighted by Gasteiger charge is 2.25. The molecule has 6 nitrogen and oxygen atoms in total. The van der Waals surface area contributed by atoms with E-state index < -0.39 is 5.97 Å². The summed E-state index contributed by atoms with van der Waals surface area (Å²) < 4.78 is 9.15. The molecule has 0 aliphatic heterocycles. The fraction of sp³-hybridized carbons (Fsp3) is 0.200. The molecule has 0 bridgehead atoms. The van der Waals surface area contributed by atoms with Crippen LogP contribution in [0.3, 0.4) is 0 Å². The predicted octanol–water partition coefficient (Wildman–Crippen LogP) is 3.53. The molecular weight excluding hydrogens is 338 g/mol. The number of carbonyl (C=O) groups is 2. The predicted molar refractivity (Wildman–Crippen MR) is 87.3 cm³/mol. The van der Waals surface area contributed by atoms with E-state index >= 15 is 0 Å². The second-order valence-corrected chi connectivity index (χ2v) is 6.05. The quantitative estimate of drug-likeness (QED) is 0.575. The molecule has 0 saturated carbocycles. The van der Waals surface area contributed by atoms with Gasteiger partial charge in [0.15, 0.2) is 5.75 Å². The van der Waals surface area contributed by atoms with E-state index in [0.29, 0.717) is 26.5 Å². The third-order valence-electron chi connectivity index (χ3n) is 3.30. The van der Waals surface area contributed by atoms with Crippen molar-refractivity contribution in [2.45, 2.75) is 20.3 Å². The zero-order chi connectivity index (χ0) is 16.6. The Morgan fingerprint density at radius 3 is 2.83 bits per heavy atom. The lowest BCUT2D eigenvalue weighted by atomic mass is 10.2. The number of esters is 1. The first-order valence-electron chi connectivity index (χ1n) is 6.86. The number of aromatic amines is 1. The van der Waals surface area contributed by atoms with Gasteiger partial charge in [0, 0.05) is 16.8 Å². The third kappa shape index (κ3) is 2.85. The number of hydrogen-bond donors (Lipinski definition) is 1. The topological polar surface area (TPSA) is 84.9 Å². The van der Waals surface area contributed by atoms with E-state index in [-0.39, 0.29) is 23.6 Å². The molecule has 0 atom stereocenters. The van der Waals surface area contributed by atoms with Crippen molar-refractivity contribution in [1.82, 2.24) is 14.6 Å². The number of hydrogen-bond acceptors (Lipinski definition) is 6. The monoisotopic (exact) mass is 349 g/mol. The van der Waals surface area contributed by atoms with Crippen LogP contribution in [0.15, 0.2) is 18.2 Å². The van der Waals surface area contributed by atoms with Gasteiger partial charge in [0.2, 0.25) is 5.78 Å². The number of aromatic nitrogens is 3. The van der Waals surface area contributed by atoms with Crippen molar-refractivity contribution < 1.29 is 14.3 Å². The SMILES string of the molecule is CCC(=O)Oc1c(C(=O)c2snnc2C)[nH]c2cc(Cl)ccc12. The Labute approximate surface area is 140 Å². The zero-order valence-electron chi connectivity index (χ0n) is 12.3. The maximum absolute atomic E-state index is 12.7. The Morgan fingerprint density at radius 1 is 1.39 bits per heavy atom. The van der Waals surface area contributed by atoms with Crippen LogP contribution in [0.5, 0.6) is 5.75 Å². The summed E-state index contributed by atoms with van der Waals surface area (Å²) in [5.41, 5.74) is 1.34. The lowest BCUT2D eigenvalue weighted by Crippen LogP contribution is -2.10. The first-order chi connectivity index (χ1) is 11.0. The average molecular weight is 350 g/mol. The molecular formula is C15H12ClN3O3S. The number of rotatable bonds is 4. The average Bonchev–Trinajstić information content (AvgIpc) is 3.10. The number of nitrogens with zero attached hydrogens (tertiary/aromatic N) is 2. The second kappa shape index (κ2) is 6.10. The fourth-order valence-corrected chi connectivity index (χ4v) is 2.92. The van der Waals surface area contributed by atoms with Crippen molar-refractivity contribution in [2.24, 2.45) is 0 Å². The summed E-state index contributed by atoms with van der Waals surface area (Å²) in [5.74, 6) is -0.529. The van der Waals surface area contributed by atoms with Crippen LogP contribution in [0.1, 0.15) is 34.4 Å². The van der Waals surface area contributed by atoms with Crippen LogP contribution in [0.4, 0.5) is 0 Å². The number of halogens is 1. The van der Waals surface area contributed by atoms with E-state index in [2.05, 4.69) is 14.6 Å². The molecule has 0 aliphatic carbocycles. The number of fused-ring (bicyclic) bond motifs is 1. The van der Waals surface area contributed by atoms with Crippen molar-refractivity contribution in [3.63, 3.8) is 0 Å². The van der Waals surface area contributed by atoms with Gasteiger partial charge in [-0.15, -0.1) is 5.10 Å². The van der Waals surface area contributed by atoms with Crippen molar-refractivity contribution in [1.29, 1.82) is 0 Å². The van der Waals surface area contributed by atoms with Crippen molar-refractivity contribution in [3.8, 4) is 5.75 Å². The summed E-state index contributed by atoms with van der Waals surface area (Å²) in [4.78, 5) is 27.9. The minimum absolute atomic E-state index is 0.193. The first-order valence-corrected chi connectivity index (χ1v) is 8.02. The van der Waals surface area contributed by atoms with Gasteiger partial charge < -0.3 is 9.72 Å². The lowest BCUT2D eigenvalue weighted by Gasteiger charge is -2.04. The Kier molecular flexibility index (Phi) is 4.14. The van der Waals surface area contributed by atoms with E-state index in [1.807, 2.05) is 0 Å². The van der Waals surface area contributed by atoms with E-state index in [1.165, 1.54) is 0 Å². The van der Waals surface area contributed by atoms with Crippen molar-refractivity contribution >= 4 is 45.8 Å². The molecule has 1 aromatic carbocycles. The van der Waals surface area contributed by atoms with Crippen LogP contribution in [0, 0.1) is 6.92 Å². The van der Waals surface area contributed by atoms with Crippen LogP contribution >= 0.6 is 23.1 Å². The van der Waals surface area contributed by atoms with Gasteiger partial charge in [-0.25, -0.2) is 0 Å². The van der Waals surface area contributed by atoms with Gasteiger partial charge in [-0.2, -0.15) is 0 Å². The minimum Gasteiger partial charge on any atom is -0.423 e. The van der Waals surface area contributed by atoms with Gasteiger partial charge in [-0.1, -0.05) is 23.0 Å². The van der Waals surface area contributed by atoms with E-state index in [0.717, 1.165) is 11.5 Å². The Hall–Kier alpha value is -2.25. The molecule has 0 amide bonds. The standard InChI is InChI=1S/C15H12ClN3O3S/c1-3-11(20)22-14-9-5-4-8(16)6-10(9)17-12(14)13(21)15-7(2)18-19-23-15/h4-6,17H,3H2,1-2H3. The van der Waals surface area contributed by atoms with Gasteiger partial charge in [-0.3, -0.25) is 9.59 Å².